The molecule has 28 heavy (non-hydrogen) atoms. The van der Waals surface area contributed by atoms with Crippen molar-refractivity contribution in [1.29, 1.82) is 0 Å². The molecule has 2 aromatic rings. The summed E-state index contributed by atoms with van der Waals surface area (Å²) in [6.45, 7) is 2.74. The van der Waals surface area contributed by atoms with Crippen molar-refractivity contribution in [2.45, 2.75) is 12.6 Å². The van der Waals surface area contributed by atoms with Gasteiger partial charge in [-0.05, 0) is 17.7 Å². The zero-order chi connectivity index (χ0) is 19.2. The predicted octanol–water partition coefficient (Wildman–Crippen LogP) is 1.97. The lowest BCUT2D eigenvalue weighted by Gasteiger charge is -2.34. The van der Waals surface area contributed by atoms with Crippen LogP contribution in [0.25, 0.3) is 0 Å². The van der Waals surface area contributed by atoms with E-state index in [4.69, 9.17) is 9.47 Å². The Bertz CT molecular complexity index is 806. The Morgan fingerprint density at radius 3 is 2.75 bits per heavy atom. The number of nitrogens with one attached hydrogen (secondary N) is 1. The first-order valence-electron chi connectivity index (χ1n) is 8.83. The van der Waals surface area contributed by atoms with Gasteiger partial charge in [-0.25, -0.2) is 4.79 Å². The van der Waals surface area contributed by atoms with Crippen LogP contribution in [0.4, 0.5) is 0 Å². The summed E-state index contributed by atoms with van der Waals surface area (Å²) in [5, 5.41) is 7.60. The van der Waals surface area contributed by atoms with Gasteiger partial charge in [-0.3, -0.25) is 9.67 Å². The molecule has 152 valence electrons. The van der Waals surface area contributed by atoms with Crippen LogP contribution < -0.4 is 5.32 Å². The van der Waals surface area contributed by atoms with E-state index in [1.165, 1.54) is 7.11 Å². The van der Waals surface area contributed by atoms with Crippen molar-refractivity contribution in [3.8, 4) is 0 Å². The van der Waals surface area contributed by atoms with Gasteiger partial charge in [-0.1, -0.05) is 12.1 Å². The van der Waals surface area contributed by atoms with Crippen LogP contribution >= 0.6 is 24.0 Å². The molecule has 9 heteroatoms. The van der Waals surface area contributed by atoms with Gasteiger partial charge < -0.3 is 19.7 Å². The number of morpholine rings is 1. The molecule has 0 aliphatic carbocycles. The fourth-order valence-electron chi connectivity index (χ4n) is 3.04. The number of halogens is 1. The van der Waals surface area contributed by atoms with Crippen molar-refractivity contribution in [3.05, 3.63) is 53.3 Å². The molecular formula is C19H26IN5O3. The number of carbonyl (C=O) groups excluding carboxylic acids is 1. The Kier molecular flexibility index (Phi) is 8.24. The molecule has 1 aliphatic rings. The standard InChI is InChI=1S/C19H25N5O3.HI/c1-20-19(21-10-14-4-6-15(7-5-14)18(25)26-3)24-8-9-27-17(13-24)16-11-22-23(2)12-16;/h4-7,11-12,17H,8-10,13H2,1-3H3,(H,20,21);1H. The molecule has 0 spiro atoms. The third-order valence-corrected chi connectivity index (χ3v) is 4.50. The summed E-state index contributed by atoms with van der Waals surface area (Å²) in [6.07, 6.45) is 3.80. The molecule has 1 fully saturated rings. The molecule has 1 aromatic heterocycles. The van der Waals surface area contributed by atoms with Crippen LogP contribution in [0.1, 0.15) is 27.6 Å². The minimum absolute atomic E-state index is 0. The normalized spacial score (nSPS) is 17.0. The van der Waals surface area contributed by atoms with Gasteiger partial charge >= 0.3 is 5.97 Å². The molecule has 0 saturated carbocycles. The van der Waals surface area contributed by atoms with E-state index in [2.05, 4.69) is 20.3 Å². The van der Waals surface area contributed by atoms with Crippen molar-refractivity contribution in [2.24, 2.45) is 12.0 Å². The average Bonchev–Trinajstić information content (AvgIpc) is 3.15. The second kappa shape index (κ2) is 10.4. The van der Waals surface area contributed by atoms with Crippen molar-refractivity contribution >= 4 is 35.9 Å². The van der Waals surface area contributed by atoms with E-state index in [0.717, 1.165) is 23.6 Å². The minimum Gasteiger partial charge on any atom is -0.465 e. The Balaban J connectivity index is 0.00000280. The summed E-state index contributed by atoms with van der Waals surface area (Å²) in [5.41, 5.74) is 2.66. The molecule has 3 rings (SSSR count). The molecule has 1 aliphatic heterocycles. The van der Waals surface area contributed by atoms with Crippen LogP contribution in [0.15, 0.2) is 41.7 Å². The number of guanidine groups is 1. The quantitative estimate of drug-likeness (QED) is 0.300. The third kappa shape index (κ3) is 5.44. The SMILES string of the molecule is CN=C(NCc1ccc(C(=O)OC)cc1)N1CCOC(c2cnn(C)c2)C1.I. The van der Waals surface area contributed by atoms with Gasteiger partial charge in [-0.2, -0.15) is 5.10 Å². The molecule has 0 amide bonds. The topological polar surface area (TPSA) is 81.0 Å². The lowest BCUT2D eigenvalue weighted by atomic mass is 10.1. The zero-order valence-corrected chi connectivity index (χ0v) is 18.6. The summed E-state index contributed by atoms with van der Waals surface area (Å²) >= 11 is 0. The molecular weight excluding hydrogens is 473 g/mol. The van der Waals surface area contributed by atoms with Gasteiger partial charge in [0.15, 0.2) is 5.96 Å². The maximum atomic E-state index is 11.5. The molecule has 2 heterocycles. The van der Waals surface area contributed by atoms with E-state index in [0.29, 0.717) is 25.3 Å². The van der Waals surface area contributed by atoms with Crippen LogP contribution in [0, 0.1) is 0 Å². The maximum Gasteiger partial charge on any atom is 0.337 e. The van der Waals surface area contributed by atoms with Gasteiger partial charge in [0.05, 0.1) is 32.0 Å². The summed E-state index contributed by atoms with van der Waals surface area (Å²) < 4.78 is 12.4. The van der Waals surface area contributed by atoms with Crippen molar-refractivity contribution < 1.29 is 14.3 Å². The van der Waals surface area contributed by atoms with Gasteiger partial charge in [0.25, 0.3) is 0 Å². The molecule has 8 nitrogen and oxygen atoms in total. The number of hydrogen-bond acceptors (Lipinski definition) is 5. The number of hydrogen-bond donors (Lipinski definition) is 1. The largest absolute Gasteiger partial charge is 0.465 e. The Morgan fingerprint density at radius 1 is 1.39 bits per heavy atom. The minimum atomic E-state index is -0.333. The van der Waals surface area contributed by atoms with Gasteiger partial charge in [0.2, 0.25) is 0 Å². The zero-order valence-electron chi connectivity index (χ0n) is 16.3. The van der Waals surface area contributed by atoms with Crippen LogP contribution in [0.5, 0.6) is 0 Å². The first-order chi connectivity index (χ1) is 13.1. The smallest absolute Gasteiger partial charge is 0.337 e. The molecule has 1 unspecified atom stereocenters. The summed E-state index contributed by atoms with van der Waals surface area (Å²) in [5.74, 6) is 0.490. The molecule has 0 bridgehead atoms. The fourth-order valence-corrected chi connectivity index (χ4v) is 3.04. The highest BCUT2D eigenvalue weighted by Crippen LogP contribution is 2.21. The lowest BCUT2D eigenvalue weighted by molar-refractivity contribution is -0.00805. The number of aryl methyl sites for hydroxylation is 1. The number of carbonyl (C=O) groups is 1. The Morgan fingerprint density at radius 2 is 2.14 bits per heavy atom. The summed E-state index contributed by atoms with van der Waals surface area (Å²) in [4.78, 5) is 18.1. The Labute approximate surface area is 181 Å². The van der Waals surface area contributed by atoms with E-state index >= 15 is 0 Å². The Hall–Kier alpha value is -2.14. The molecule has 1 atom stereocenters. The third-order valence-electron chi connectivity index (χ3n) is 4.50. The highest BCUT2D eigenvalue weighted by atomic mass is 127. The van der Waals surface area contributed by atoms with E-state index < -0.39 is 0 Å². The van der Waals surface area contributed by atoms with Crippen LogP contribution in [0.3, 0.4) is 0 Å². The van der Waals surface area contributed by atoms with E-state index in [9.17, 15) is 4.79 Å². The van der Waals surface area contributed by atoms with Crippen LogP contribution in [-0.2, 0) is 23.1 Å². The number of rotatable bonds is 4. The number of esters is 1. The number of ether oxygens (including phenoxy) is 2. The van der Waals surface area contributed by atoms with Gasteiger partial charge in [-0.15, -0.1) is 24.0 Å². The van der Waals surface area contributed by atoms with Crippen LogP contribution in [0.2, 0.25) is 0 Å². The van der Waals surface area contributed by atoms with Gasteiger partial charge in [0, 0.05) is 38.9 Å². The maximum absolute atomic E-state index is 11.5. The van der Waals surface area contributed by atoms with Gasteiger partial charge in [0.1, 0.15) is 6.10 Å². The highest BCUT2D eigenvalue weighted by Gasteiger charge is 2.25. The first-order valence-corrected chi connectivity index (χ1v) is 8.83. The molecule has 1 aromatic carbocycles. The monoisotopic (exact) mass is 499 g/mol. The number of aliphatic imine (C=N–C) groups is 1. The highest BCUT2D eigenvalue weighted by molar-refractivity contribution is 14.0. The van der Waals surface area contributed by atoms with E-state index in [-0.39, 0.29) is 36.0 Å². The predicted molar refractivity (Wildman–Crippen MR) is 117 cm³/mol. The number of nitrogens with zero attached hydrogens (tertiary/aromatic N) is 4. The first kappa shape index (κ1) is 22.2. The summed E-state index contributed by atoms with van der Waals surface area (Å²) in [6, 6.07) is 7.34. The van der Waals surface area contributed by atoms with E-state index in [1.54, 1.807) is 23.9 Å². The number of aromatic nitrogens is 2. The number of methoxy groups -OCH3 is 1. The number of benzene rings is 1. The summed E-state index contributed by atoms with van der Waals surface area (Å²) in [7, 11) is 5.05. The fraction of sp³-hybridized carbons (Fsp3) is 0.421. The van der Waals surface area contributed by atoms with Crippen LogP contribution in [-0.4, -0.2) is 60.5 Å². The average molecular weight is 499 g/mol. The molecule has 1 N–H and O–H groups in total. The van der Waals surface area contributed by atoms with E-state index in [1.807, 2.05) is 31.6 Å². The second-order valence-corrected chi connectivity index (χ2v) is 6.34. The molecule has 1 saturated heterocycles. The molecule has 0 radical (unpaired) electrons. The van der Waals surface area contributed by atoms with Crippen molar-refractivity contribution in [1.82, 2.24) is 20.0 Å². The van der Waals surface area contributed by atoms with Crippen molar-refractivity contribution in [2.75, 3.05) is 33.9 Å². The van der Waals surface area contributed by atoms with Crippen molar-refractivity contribution in [3.63, 3.8) is 0 Å². The lowest BCUT2D eigenvalue weighted by Crippen LogP contribution is -2.47. The second-order valence-electron chi connectivity index (χ2n) is 6.34.